The molecular weight excluding hydrogens is 478 g/mol. The molecule has 180 valence electrons. The zero-order valence-electron chi connectivity index (χ0n) is 18.7. The molecule has 0 amide bonds. The van der Waals surface area contributed by atoms with Crippen molar-refractivity contribution in [3.8, 4) is 0 Å². The van der Waals surface area contributed by atoms with E-state index in [-0.39, 0.29) is 11.3 Å². The van der Waals surface area contributed by atoms with Crippen LogP contribution in [0.4, 0.5) is 5.69 Å². The van der Waals surface area contributed by atoms with E-state index in [1.165, 1.54) is 43.5 Å². The number of methoxy groups -OCH3 is 2. The van der Waals surface area contributed by atoms with Crippen LogP contribution in [0.2, 0.25) is 5.02 Å². The lowest BCUT2D eigenvalue weighted by atomic mass is 9.84. The third kappa shape index (κ3) is 4.40. The predicted molar refractivity (Wildman–Crippen MR) is 125 cm³/mol. The first kappa shape index (κ1) is 24.1. The van der Waals surface area contributed by atoms with E-state index in [1.807, 2.05) is 0 Å². The summed E-state index contributed by atoms with van der Waals surface area (Å²) in [5, 5.41) is 17.6. The highest BCUT2D eigenvalue weighted by atomic mass is 35.5. The molecule has 2 aromatic carbocycles. The zero-order chi connectivity index (χ0) is 25.3. The molecule has 0 saturated carbocycles. The van der Waals surface area contributed by atoms with Crippen LogP contribution in [0, 0.1) is 22.0 Å². The summed E-state index contributed by atoms with van der Waals surface area (Å²) >= 11 is 5.98. The van der Waals surface area contributed by atoms with Crippen molar-refractivity contribution in [3.05, 3.63) is 86.9 Å². The second-order valence-electron chi connectivity index (χ2n) is 7.93. The van der Waals surface area contributed by atoms with Crippen molar-refractivity contribution in [2.24, 2.45) is 16.9 Å². The smallest absolute Gasteiger partial charge is 0.312 e. The topological polar surface area (TPSA) is 128 Å². The summed E-state index contributed by atoms with van der Waals surface area (Å²) in [5.74, 6) is -4.29. The summed E-state index contributed by atoms with van der Waals surface area (Å²) in [5.41, 5.74) is 1.14. The van der Waals surface area contributed by atoms with Crippen LogP contribution in [0.1, 0.15) is 15.9 Å². The Morgan fingerprint density at radius 1 is 0.971 bits per heavy atom. The molecular formula is C24H20ClN3O7. The van der Waals surface area contributed by atoms with Gasteiger partial charge in [0.15, 0.2) is 5.78 Å². The highest BCUT2D eigenvalue weighted by Gasteiger charge is 2.59. The first-order valence-corrected chi connectivity index (χ1v) is 10.9. The minimum Gasteiger partial charge on any atom is -0.469 e. The van der Waals surface area contributed by atoms with Gasteiger partial charge in [-0.1, -0.05) is 29.8 Å². The average molecular weight is 498 g/mol. The molecule has 2 aliphatic heterocycles. The number of rotatable bonds is 6. The van der Waals surface area contributed by atoms with Crippen molar-refractivity contribution < 1.29 is 28.8 Å². The molecule has 0 bridgehead atoms. The molecule has 2 heterocycles. The number of benzene rings is 2. The highest BCUT2D eigenvalue weighted by Crippen LogP contribution is 2.41. The zero-order valence-corrected chi connectivity index (χ0v) is 19.4. The van der Waals surface area contributed by atoms with Crippen LogP contribution in [0.5, 0.6) is 0 Å². The molecule has 1 fully saturated rings. The Bertz CT molecular complexity index is 1240. The van der Waals surface area contributed by atoms with Gasteiger partial charge < -0.3 is 9.47 Å². The number of Topliss-reactive ketones (excluding diaryl/α,β-unsaturated/α-hetero) is 1. The Hall–Kier alpha value is -4.05. The maximum atomic E-state index is 13.7. The van der Waals surface area contributed by atoms with E-state index in [2.05, 4.69) is 5.10 Å². The largest absolute Gasteiger partial charge is 0.469 e. The molecule has 0 aliphatic carbocycles. The summed E-state index contributed by atoms with van der Waals surface area (Å²) in [6.45, 7) is 0. The number of hydrazone groups is 1. The van der Waals surface area contributed by atoms with E-state index in [4.69, 9.17) is 21.1 Å². The van der Waals surface area contributed by atoms with Crippen molar-refractivity contribution in [1.82, 2.24) is 5.01 Å². The fourth-order valence-electron chi connectivity index (χ4n) is 4.42. The monoisotopic (exact) mass is 497 g/mol. The van der Waals surface area contributed by atoms with Crippen LogP contribution >= 0.6 is 11.6 Å². The molecule has 2 aliphatic rings. The summed E-state index contributed by atoms with van der Waals surface area (Å²) in [6, 6.07) is 9.92. The number of ketones is 1. The van der Waals surface area contributed by atoms with E-state index >= 15 is 0 Å². The second kappa shape index (κ2) is 9.67. The van der Waals surface area contributed by atoms with Gasteiger partial charge in [0.1, 0.15) is 12.0 Å². The number of carbonyl (C=O) groups is 3. The average Bonchev–Trinajstić information content (AvgIpc) is 3.22. The fourth-order valence-corrected chi connectivity index (χ4v) is 4.54. The maximum Gasteiger partial charge on any atom is 0.312 e. The number of hydrogen-bond donors (Lipinski definition) is 0. The standard InChI is InChI=1S/C24H20ClN3O7/c1-34-23(30)19-18-12-11-17(13-3-7-15(25)8-4-13)26-27(18)21(20(19)24(31)35-2)22(29)14-5-9-16(10-6-14)28(32)33/h3-12,18-21H,1-2H3/t18?,19-,20+,21?/m1/s1. The molecule has 11 heteroatoms. The van der Waals surface area contributed by atoms with Gasteiger partial charge in [-0.15, -0.1) is 0 Å². The summed E-state index contributed by atoms with van der Waals surface area (Å²) in [6.07, 6.45) is 3.39. The van der Waals surface area contributed by atoms with Gasteiger partial charge in [0.2, 0.25) is 0 Å². The van der Waals surface area contributed by atoms with Crippen molar-refractivity contribution in [1.29, 1.82) is 0 Å². The Labute approximate surface area is 204 Å². The van der Waals surface area contributed by atoms with Crippen molar-refractivity contribution in [3.63, 3.8) is 0 Å². The molecule has 2 aromatic rings. The van der Waals surface area contributed by atoms with Crippen LogP contribution in [0.25, 0.3) is 0 Å². The first-order chi connectivity index (χ1) is 16.8. The Kier molecular flexibility index (Phi) is 6.65. The van der Waals surface area contributed by atoms with Crippen LogP contribution in [-0.4, -0.2) is 59.7 Å². The number of hydrogen-bond acceptors (Lipinski definition) is 9. The SMILES string of the molecule is COC(=O)[C@@H]1C2C=CC(c3ccc(Cl)cc3)=NN2C(C(=O)c2ccc([N+](=O)[O-])cc2)[C@H]1C(=O)OC. The molecule has 0 radical (unpaired) electrons. The molecule has 10 nitrogen and oxygen atoms in total. The summed E-state index contributed by atoms with van der Waals surface area (Å²) < 4.78 is 9.91. The lowest BCUT2D eigenvalue weighted by Gasteiger charge is -2.29. The predicted octanol–water partition coefficient (Wildman–Crippen LogP) is 3.04. The lowest BCUT2D eigenvalue weighted by molar-refractivity contribution is -0.384. The van der Waals surface area contributed by atoms with Crippen LogP contribution in [-0.2, 0) is 19.1 Å². The molecule has 4 atom stereocenters. The van der Waals surface area contributed by atoms with E-state index in [0.717, 1.165) is 0 Å². The lowest BCUT2D eigenvalue weighted by Crippen LogP contribution is -2.43. The van der Waals surface area contributed by atoms with Gasteiger partial charge in [-0.05, 0) is 30.3 Å². The van der Waals surface area contributed by atoms with Crippen molar-refractivity contribution in [2.75, 3.05) is 14.2 Å². The third-order valence-electron chi connectivity index (χ3n) is 6.08. The Morgan fingerprint density at radius 3 is 2.14 bits per heavy atom. The maximum absolute atomic E-state index is 13.7. The number of fused-ring (bicyclic) bond motifs is 1. The van der Waals surface area contributed by atoms with Crippen LogP contribution in [0.15, 0.2) is 65.8 Å². The number of nitro groups is 1. The fraction of sp³-hybridized carbons (Fsp3) is 0.250. The summed E-state index contributed by atoms with van der Waals surface area (Å²) in [7, 11) is 2.36. The minimum absolute atomic E-state index is 0.122. The number of carbonyl (C=O) groups excluding carboxylic acids is 3. The van der Waals surface area contributed by atoms with Gasteiger partial charge in [-0.25, -0.2) is 0 Å². The van der Waals surface area contributed by atoms with E-state index in [9.17, 15) is 24.5 Å². The molecule has 1 saturated heterocycles. The Morgan fingerprint density at radius 2 is 1.57 bits per heavy atom. The number of esters is 2. The molecule has 0 aromatic heterocycles. The van der Waals surface area contributed by atoms with Crippen LogP contribution < -0.4 is 0 Å². The molecule has 4 rings (SSSR count). The molecule has 35 heavy (non-hydrogen) atoms. The normalized spacial score (nSPS) is 22.7. The van der Waals surface area contributed by atoms with Crippen molar-refractivity contribution >= 4 is 40.7 Å². The van der Waals surface area contributed by atoms with Crippen molar-refractivity contribution in [2.45, 2.75) is 12.1 Å². The molecule has 2 unspecified atom stereocenters. The van der Waals surface area contributed by atoms with E-state index in [0.29, 0.717) is 16.3 Å². The Balaban J connectivity index is 1.82. The molecule has 0 N–H and O–H groups in total. The number of nitro benzene ring substituents is 1. The summed E-state index contributed by atoms with van der Waals surface area (Å²) in [4.78, 5) is 49.8. The minimum atomic E-state index is -1.22. The molecule has 0 spiro atoms. The van der Waals surface area contributed by atoms with Gasteiger partial charge in [0.05, 0.1) is 36.8 Å². The third-order valence-corrected chi connectivity index (χ3v) is 6.33. The van der Waals surface area contributed by atoms with Gasteiger partial charge in [-0.2, -0.15) is 5.10 Å². The van der Waals surface area contributed by atoms with Gasteiger partial charge >= 0.3 is 11.9 Å². The number of allylic oxidation sites excluding steroid dienone is 1. The van der Waals surface area contributed by atoms with E-state index < -0.39 is 46.6 Å². The van der Waals surface area contributed by atoms with Gasteiger partial charge in [0, 0.05) is 28.3 Å². The van der Waals surface area contributed by atoms with Gasteiger partial charge in [0.25, 0.3) is 5.69 Å². The quantitative estimate of drug-likeness (QED) is 0.258. The number of ether oxygens (including phenoxy) is 2. The number of halogens is 1. The van der Waals surface area contributed by atoms with E-state index in [1.54, 1.807) is 36.4 Å². The number of non-ortho nitro benzene ring substituents is 1. The van der Waals surface area contributed by atoms with Gasteiger partial charge in [-0.3, -0.25) is 29.5 Å². The number of nitrogens with zero attached hydrogens (tertiary/aromatic N) is 3. The second-order valence-corrected chi connectivity index (χ2v) is 8.37. The highest BCUT2D eigenvalue weighted by molar-refractivity contribution is 6.30. The first-order valence-electron chi connectivity index (χ1n) is 10.5. The van der Waals surface area contributed by atoms with Crippen LogP contribution in [0.3, 0.4) is 0 Å².